The van der Waals surface area contributed by atoms with Crippen molar-refractivity contribution in [2.75, 3.05) is 0 Å². The second-order valence-corrected chi connectivity index (χ2v) is 7.19. The predicted octanol–water partition coefficient (Wildman–Crippen LogP) is 4.86. The molecule has 2 saturated carbocycles. The van der Waals surface area contributed by atoms with E-state index in [9.17, 15) is 9.18 Å². The highest BCUT2D eigenvalue weighted by molar-refractivity contribution is 5.79. The zero-order chi connectivity index (χ0) is 16.1. The Hall–Kier alpha value is -1.38. The lowest BCUT2D eigenvalue weighted by molar-refractivity contribution is -0.137. The molecule has 0 unspecified atom stereocenters. The van der Waals surface area contributed by atoms with Crippen LogP contribution in [0.5, 0.6) is 0 Å². The van der Waals surface area contributed by atoms with Crippen LogP contribution in [0.15, 0.2) is 24.3 Å². The van der Waals surface area contributed by atoms with Gasteiger partial charge in [0.15, 0.2) is 0 Å². The second kappa shape index (κ2) is 7.94. The normalized spacial score (nSPS) is 20.4. The summed E-state index contributed by atoms with van der Waals surface area (Å²) in [6.07, 6.45) is 12.6. The minimum atomic E-state index is -0.238. The van der Waals surface area contributed by atoms with Crippen LogP contribution in [0.25, 0.3) is 0 Å². The molecule has 23 heavy (non-hydrogen) atoms. The van der Waals surface area contributed by atoms with E-state index in [0.29, 0.717) is 18.5 Å². The van der Waals surface area contributed by atoms with E-state index in [0.717, 1.165) is 31.2 Å². The molecule has 0 heterocycles. The van der Waals surface area contributed by atoms with Crippen molar-refractivity contribution in [1.82, 2.24) is 4.90 Å². The van der Waals surface area contributed by atoms with Crippen LogP contribution in [-0.2, 0) is 11.2 Å². The van der Waals surface area contributed by atoms with E-state index in [-0.39, 0.29) is 11.7 Å². The lowest BCUT2D eigenvalue weighted by Gasteiger charge is -2.42. The first-order valence-corrected chi connectivity index (χ1v) is 9.29. The van der Waals surface area contributed by atoms with Crippen LogP contribution in [0.3, 0.4) is 0 Å². The van der Waals surface area contributed by atoms with Crippen molar-refractivity contribution in [3.05, 3.63) is 35.6 Å². The Bertz CT molecular complexity index is 483. The van der Waals surface area contributed by atoms with E-state index in [1.165, 1.54) is 50.7 Å². The fourth-order valence-corrected chi connectivity index (χ4v) is 4.29. The van der Waals surface area contributed by atoms with Crippen LogP contribution in [0.4, 0.5) is 4.39 Å². The standard InChI is InChI=1S/C20H28FNO/c21-17-13-11-16(12-14-17)15-20(23)22(18-7-3-1-4-8-18)19-9-5-2-6-10-19/h11-14,18-19H,1-10,15H2. The summed E-state index contributed by atoms with van der Waals surface area (Å²) >= 11 is 0. The molecule has 3 heteroatoms. The number of rotatable bonds is 4. The molecule has 0 saturated heterocycles. The molecule has 0 radical (unpaired) electrons. The van der Waals surface area contributed by atoms with Gasteiger partial charge in [0, 0.05) is 12.1 Å². The Morgan fingerprint density at radius 3 is 1.83 bits per heavy atom. The topological polar surface area (TPSA) is 20.3 Å². The van der Waals surface area contributed by atoms with E-state index < -0.39 is 0 Å². The quantitative estimate of drug-likeness (QED) is 0.776. The van der Waals surface area contributed by atoms with E-state index in [4.69, 9.17) is 0 Å². The van der Waals surface area contributed by atoms with E-state index in [2.05, 4.69) is 4.90 Å². The average Bonchev–Trinajstić information content (AvgIpc) is 2.59. The summed E-state index contributed by atoms with van der Waals surface area (Å²) in [5.41, 5.74) is 0.924. The number of carbonyl (C=O) groups is 1. The van der Waals surface area contributed by atoms with Gasteiger partial charge in [-0.05, 0) is 43.4 Å². The molecule has 2 aliphatic rings. The molecule has 2 fully saturated rings. The highest BCUT2D eigenvalue weighted by Gasteiger charge is 2.32. The molecule has 2 aliphatic carbocycles. The van der Waals surface area contributed by atoms with E-state index in [1.807, 2.05) is 0 Å². The maximum absolute atomic E-state index is 13.1. The van der Waals surface area contributed by atoms with Gasteiger partial charge >= 0.3 is 0 Å². The number of benzene rings is 1. The van der Waals surface area contributed by atoms with Crippen molar-refractivity contribution in [2.45, 2.75) is 82.7 Å². The van der Waals surface area contributed by atoms with Gasteiger partial charge in [0.1, 0.15) is 5.82 Å². The van der Waals surface area contributed by atoms with Gasteiger partial charge in [-0.15, -0.1) is 0 Å². The van der Waals surface area contributed by atoms with E-state index in [1.54, 1.807) is 12.1 Å². The molecular weight excluding hydrogens is 289 g/mol. The molecule has 0 spiro atoms. The van der Waals surface area contributed by atoms with Gasteiger partial charge in [-0.25, -0.2) is 4.39 Å². The molecule has 2 nitrogen and oxygen atoms in total. The number of hydrogen-bond donors (Lipinski definition) is 0. The van der Waals surface area contributed by atoms with Crippen LogP contribution in [0.2, 0.25) is 0 Å². The summed E-state index contributed by atoms with van der Waals surface area (Å²) in [7, 11) is 0. The lowest BCUT2D eigenvalue weighted by Crippen LogP contribution is -2.49. The summed E-state index contributed by atoms with van der Waals surface area (Å²) in [6, 6.07) is 7.25. The van der Waals surface area contributed by atoms with Crippen LogP contribution in [-0.4, -0.2) is 22.9 Å². The third kappa shape index (κ3) is 4.33. The highest BCUT2D eigenvalue weighted by atomic mass is 19.1. The first-order chi connectivity index (χ1) is 11.2. The Morgan fingerprint density at radius 2 is 1.35 bits per heavy atom. The third-order valence-electron chi connectivity index (χ3n) is 5.49. The molecule has 0 N–H and O–H groups in total. The summed E-state index contributed by atoms with van der Waals surface area (Å²) in [4.78, 5) is 15.3. The molecule has 126 valence electrons. The molecule has 0 aliphatic heterocycles. The molecule has 3 rings (SSSR count). The van der Waals surface area contributed by atoms with Crippen molar-refractivity contribution in [3.8, 4) is 0 Å². The largest absolute Gasteiger partial charge is 0.336 e. The second-order valence-electron chi connectivity index (χ2n) is 7.19. The molecule has 1 amide bonds. The SMILES string of the molecule is O=C(Cc1ccc(F)cc1)N(C1CCCCC1)C1CCCCC1. The van der Waals surface area contributed by atoms with Crippen molar-refractivity contribution < 1.29 is 9.18 Å². The Labute approximate surface area is 139 Å². The summed E-state index contributed by atoms with van der Waals surface area (Å²) in [6.45, 7) is 0. The number of halogens is 1. The maximum atomic E-state index is 13.1. The van der Waals surface area contributed by atoms with Gasteiger partial charge in [-0.1, -0.05) is 50.7 Å². The smallest absolute Gasteiger partial charge is 0.227 e. The first-order valence-electron chi connectivity index (χ1n) is 9.29. The summed E-state index contributed by atoms with van der Waals surface area (Å²) in [5, 5.41) is 0. The molecule has 0 aromatic heterocycles. The molecule has 0 atom stereocenters. The minimum absolute atomic E-state index is 0.238. The molecular formula is C20H28FNO. The predicted molar refractivity (Wildman–Crippen MR) is 90.7 cm³/mol. The molecule has 1 aromatic carbocycles. The van der Waals surface area contributed by atoms with Gasteiger partial charge in [-0.3, -0.25) is 4.79 Å². The third-order valence-corrected chi connectivity index (χ3v) is 5.49. The Balaban J connectivity index is 1.72. The van der Waals surface area contributed by atoms with Gasteiger partial charge in [0.25, 0.3) is 0 Å². The van der Waals surface area contributed by atoms with Gasteiger partial charge in [-0.2, -0.15) is 0 Å². The summed E-state index contributed by atoms with van der Waals surface area (Å²) < 4.78 is 13.1. The zero-order valence-electron chi connectivity index (χ0n) is 14.0. The van der Waals surface area contributed by atoms with Crippen molar-refractivity contribution in [3.63, 3.8) is 0 Å². The number of hydrogen-bond acceptors (Lipinski definition) is 1. The zero-order valence-corrected chi connectivity index (χ0v) is 14.0. The fraction of sp³-hybridized carbons (Fsp3) is 0.650. The lowest BCUT2D eigenvalue weighted by atomic mass is 9.88. The maximum Gasteiger partial charge on any atom is 0.227 e. The van der Waals surface area contributed by atoms with Crippen LogP contribution < -0.4 is 0 Å². The minimum Gasteiger partial charge on any atom is -0.336 e. The van der Waals surface area contributed by atoms with Crippen molar-refractivity contribution >= 4 is 5.91 Å². The van der Waals surface area contributed by atoms with Crippen LogP contribution in [0.1, 0.15) is 69.8 Å². The van der Waals surface area contributed by atoms with Gasteiger partial charge in [0.2, 0.25) is 5.91 Å². The Morgan fingerprint density at radius 1 is 0.870 bits per heavy atom. The van der Waals surface area contributed by atoms with Crippen LogP contribution >= 0.6 is 0 Å². The van der Waals surface area contributed by atoms with Crippen molar-refractivity contribution in [1.29, 1.82) is 0 Å². The number of amides is 1. The number of carbonyl (C=O) groups excluding carboxylic acids is 1. The highest BCUT2D eigenvalue weighted by Crippen LogP contribution is 2.30. The first kappa shape index (κ1) is 16.5. The van der Waals surface area contributed by atoms with Crippen LogP contribution in [0, 0.1) is 5.82 Å². The average molecular weight is 317 g/mol. The monoisotopic (exact) mass is 317 g/mol. The van der Waals surface area contributed by atoms with Gasteiger partial charge < -0.3 is 4.90 Å². The van der Waals surface area contributed by atoms with Crippen molar-refractivity contribution in [2.24, 2.45) is 0 Å². The van der Waals surface area contributed by atoms with E-state index >= 15 is 0 Å². The summed E-state index contributed by atoms with van der Waals surface area (Å²) in [5.74, 6) is 0.00743. The molecule has 1 aromatic rings. The number of nitrogens with zero attached hydrogens (tertiary/aromatic N) is 1. The fourth-order valence-electron chi connectivity index (χ4n) is 4.29. The molecule has 0 bridgehead atoms. The Kier molecular flexibility index (Phi) is 5.69. The van der Waals surface area contributed by atoms with Gasteiger partial charge in [0.05, 0.1) is 6.42 Å².